The van der Waals surface area contributed by atoms with Crippen LogP contribution >= 0.6 is 23.4 Å². The highest BCUT2D eigenvalue weighted by Crippen LogP contribution is 2.32. The van der Waals surface area contributed by atoms with E-state index in [1.54, 1.807) is 6.92 Å². The van der Waals surface area contributed by atoms with Crippen molar-refractivity contribution in [3.05, 3.63) is 45.3 Å². The molecule has 0 spiro atoms. The van der Waals surface area contributed by atoms with Crippen LogP contribution in [0.5, 0.6) is 0 Å². The maximum absolute atomic E-state index is 14.5. The third-order valence-electron chi connectivity index (χ3n) is 4.24. The number of aromatic nitrogens is 2. The van der Waals surface area contributed by atoms with Gasteiger partial charge >= 0.3 is 18.2 Å². The molecule has 13 heteroatoms. The van der Waals surface area contributed by atoms with Crippen molar-refractivity contribution in [3.8, 4) is 5.69 Å². The number of alkyl halides is 2. The van der Waals surface area contributed by atoms with Gasteiger partial charge in [0.1, 0.15) is 12.4 Å². The lowest BCUT2D eigenvalue weighted by molar-refractivity contribution is -0.145. The Bertz CT molecular complexity index is 1130. The van der Waals surface area contributed by atoms with Crippen molar-refractivity contribution in [2.24, 2.45) is 4.99 Å². The van der Waals surface area contributed by atoms with E-state index in [2.05, 4.69) is 4.99 Å². The van der Waals surface area contributed by atoms with Crippen molar-refractivity contribution in [1.82, 2.24) is 14.0 Å². The van der Waals surface area contributed by atoms with Gasteiger partial charge in [-0.25, -0.2) is 18.7 Å². The van der Waals surface area contributed by atoms with E-state index < -0.39 is 24.0 Å². The molecule has 2 heterocycles. The molecule has 0 atom stereocenters. The van der Waals surface area contributed by atoms with E-state index >= 15 is 0 Å². The average Bonchev–Trinajstić information content (AvgIpc) is 3.17. The number of imidazole rings is 1. The number of carbonyl (C=O) groups is 2. The quantitative estimate of drug-likeness (QED) is 0.597. The van der Waals surface area contributed by atoms with E-state index in [4.69, 9.17) is 16.3 Å². The largest absolute Gasteiger partial charge is 0.465 e. The zero-order chi connectivity index (χ0) is 22.9. The van der Waals surface area contributed by atoms with Crippen LogP contribution in [0.25, 0.3) is 5.69 Å². The molecule has 0 unspecified atom stereocenters. The number of amidine groups is 1. The van der Waals surface area contributed by atoms with Crippen LogP contribution in [-0.2, 0) is 14.3 Å². The SMILES string of the molecule is CCOC(=O)CN1C(=O)CSC1=Nc1cc(-n2cc(C)n(C(F)F)c2=O)c(F)cc1Cl. The van der Waals surface area contributed by atoms with Crippen LogP contribution in [0.15, 0.2) is 28.1 Å². The lowest BCUT2D eigenvalue weighted by Crippen LogP contribution is -2.35. The first-order valence-electron chi connectivity index (χ1n) is 8.89. The number of thioether (sulfide) groups is 1. The summed E-state index contributed by atoms with van der Waals surface area (Å²) < 4.78 is 46.5. The van der Waals surface area contributed by atoms with Gasteiger partial charge in [-0.05, 0) is 26.0 Å². The normalized spacial score (nSPS) is 15.4. The second kappa shape index (κ2) is 9.18. The van der Waals surface area contributed by atoms with Crippen LogP contribution < -0.4 is 5.69 Å². The van der Waals surface area contributed by atoms with Gasteiger partial charge in [0, 0.05) is 11.9 Å². The number of ether oxygens (including phenoxy) is 1. The molecular formula is C18H16ClF3N4O4S. The van der Waals surface area contributed by atoms with E-state index in [0.717, 1.165) is 39.6 Å². The Kier molecular flexibility index (Phi) is 6.80. The third kappa shape index (κ3) is 4.64. The number of carbonyl (C=O) groups excluding carboxylic acids is 2. The van der Waals surface area contributed by atoms with Crippen molar-refractivity contribution in [2.75, 3.05) is 18.9 Å². The van der Waals surface area contributed by atoms with Gasteiger partial charge in [-0.2, -0.15) is 8.78 Å². The predicted molar refractivity (Wildman–Crippen MR) is 109 cm³/mol. The van der Waals surface area contributed by atoms with Crippen LogP contribution in [0.4, 0.5) is 18.9 Å². The molecule has 1 aromatic heterocycles. The summed E-state index contributed by atoms with van der Waals surface area (Å²) in [5, 5.41) is -0.00552. The summed E-state index contributed by atoms with van der Waals surface area (Å²) in [6.45, 7) is -0.410. The summed E-state index contributed by atoms with van der Waals surface area (Å²) in [5.41, 5.74) is -1.57. The highest BCUT2D eigenvalue weighted by atomic mass is 35.5. The Labute approximate surface area is 183 Å². The molecular weight excluding hydrogens is 461 g/mol. The Morgan fingerprint density at radius 3 is 2.68 bits per heavy atom. The van der Waals surface area contributed by atoms with Gasteiger partial charge in [0.2, 0.25) is 5.91 Å². The number of aliphatic imine (C=N–C) groups is 1. The highest BCUT2D eigenvalue weighted by molar-refractivity contribution is 8.15. The number of nitrogens with zero attached hydrogens (tertiary/aromatic N) is 4. The zero-order valence-corrected chi connectivity index (χ0v) is 17.8. The molecule has 8 nitrogen and oxygen atoms in total. The molecule has 1 amide bonds. The molecule has 1 aliphatic rings. The van der Waals surface area contributed by atoms with Crippen molar-refractivity contribution in [1.29, 1.82) is 0 Å². The zero-order valence-electron chi connectivity index (χ0n) is 16.3. The molecule has 3 rings (SSSR count). The fraction of sp³-hybridized carbons (Fsp3) is 0.333. The maximum Gasteiger partial charge on any atom is 0.337 e. The number of rotatable bonds is 6. The molecule has 0 bridgehead atoms. The highest BCUT2D eigenvalue weighted by Gasteiger charge is 2.31. The number of amides is 1. The van der Waals surface area contributed by atoms with Crippen LogP contribution in [0, 0.1) is 12.7 Å². The molecule has 31 heavy (non-hydrogen) atoms. The summed E-state index contributed by atoms with van der Waals surface area (Å²) in [6, 6.07) is 1.99. The van der Waals surface area contributed by atoms with Crippen molar-refractivity contribution in [2.45, 2.75) is 20.4 Å². The van der Waals surface area contributed by atoms with Gasteiger partial charge in [0.25, 0.3) is 0 Å². The molecule has 1 aliphatic heterocycles. The number of halogens is 4. The maximum atomic E-state index is 14.5. The van der Waals surface area contributed by atoms with Crippen LogP contribution in [0.3, 0.4) is 0 Å². The second-order valence-corrected chi connectivity index (χ2v) is 7.64. The molecule has 166 valence electrons. The number of hydrogen-bond donors (Lipinski definition) is 0. The van der Waals surface area contributed by atoms with Crippen molar-refractivity contribution >= 4 is 46.1 Å². The number of hydrogen-bond acceptors (Lipinski definition) is 6. The topological polar surface area (TPSA) is 85.9 Å². The van der Waals surface area contributed by atoms with Crippen LogP contribution in [0.2, 0.25) is 5.02 Å². The van der Waals surface area contributed by atoms with Gasteiger partial charge < -0.3 is 4.74 Å². The van der Waals surface area contributed by atoms with Crippen LogP contribution in [0.1, 0.15) is 19.2 Å². The first-order valence-corrected chi connectivity index (χ1v) is 10.3. The number of aryl methyl sites for hydroxylation is 1. The van der Waals surface area contributed by atoms with E-state index in [0.29, 0.717) is 0 Å². The predicted octanol–water partition coefficient (Wildman–Crippen LogP) is 3.26. The number of benzene rings is 1. The lowest BCUT2D eigenvalue weighted by Gasteiger charge is -2.15. The monoisotopic (exact) mass is 476 g/mol. The Morgan fingerprint density at radius 1 is 1.35 bits per heavy atom. The third-order valence-corrected chi connectivity index (χ3v) is 5.51. The summed E-state index contributed by atoms with van der Waals surface area (Å²) >= 11 is 7.11. The molecule has 1 saturated heterocycles. The smallest absolute Gasteiger partial charge is 0.337 e. The fourth-order valence-electron chi connectivity index (χ4n) is 2.85. The molecule has 0 saturated carbocycles. The van der Waals surface area contributed by atoms with Gasteiger partial charge in [0.05, 0.1) is 28.8 Å². The summed E-state index contributed by atoms with van der Waals surface area (Å²) in [7, 11) is 0. The fourth-order valence-corrected chi connectivity index (χ4v) is 3.94. The molecule has 0 aliphatic carbocycles. The minimum absolute atomic E-state index is 0.0153. The minimum atomic E-state index is -3.10. The van der Waals surface area contributed by atoms with Gasteiger partial charge in [-0.3, -0.25) is 19.1 Å². The van der Waals surface area contributed by atoms with Gasteiger partial charge in [-0.1, -0.05) is 23.4 Å². The first kappa shape index (κ1) is 22.9. The first-order chi connectivity index (χ1) is 14.6. The molecule has 2 aromatic rings. The lowest BCUT2D eigenvalue weighted by atomic mass is 10.2. The molecule has 1 aromatic carbocycles. The van der Waals surface area contributed by atoms with Gasteiger partial charge in [0.15, 0.2) is 5.17 Å². The van der Waals surface area contributed by atoms with E-state index in [1.165, 1.54) is 6.92 Å². The summed E-state index contributed by atoms with van der Waals surface area (Å²) in [5.74, 6) is -1.91. The Morgan fingerprint density at radius 2 is 2.06 bits per heavy atom. The molecule has 1 fully saturated rings. The second-order valence-electron chi connectivity index (χ2n) is 6.29. The van der Waals surface area contributed by atoms with E-state index in [-0.39, 0.29) is 56.6 Å². The van der Waals surface area contributed by atoms with Crippen molar-refractivity contribution in [3.63, 3.8) is 0 Å². The van der Waals surface area contributed by atoms with Gasteiger partial charge in [-0.15, -0.1) is 0 Å². The standard InChI is InChI=1S/C18H16ClF3N4O4S/c1-3-30-15(28)7-25-14(27)8-31-17(25)23-12-5-13(11(20)4-10(12)19)24-6-9(2)26(16(21)22)18(24)29/h4-6,16H,3,7-8H2,1-2H3. The van der Waals surface area contributed by atoms with Crippen LogP contribution in [-0.4, -0.2) is 50.0 Å². The van der Waals surface area contributed by atoms with E-state index in [9.17, 15) is 27.6 Å². The summed E-state index contributed by atoms with van der Waals surface area (Å²) in [4.78, 5) is 41.5. The number of esters is 1. The summed E-state index contributed by atoms with van der Waals surface area (Å²) in [6.07, 6.45) is 1.07. The van der Waals surface area contributed by atoms with Crippen molar-refractivity contribution < 1.29 is 27.5 Å². The van der Waals surface area contributed by atoms with E-state index in [1.807, 2.05) is 0 Å². The minimum Gasteiger partial charge on any atom is -0.465 e. The molecule has 0 N–H and O–H groups in total. The molecule has 0 radical (unpaired) electrons. The Balaban J connectivity index is 2.04. The Hall–Kier alpha value is -2.73. The average molecular weight is 477 g/mol.